The van der Waals surface area contributed by atoms with Gasteiger partial charge in [0.25, 0.3) is 0 Å². The van der Waals surface area contributed by atoms with Crippen LogP contribution in [0, 0.1) is 0 Å². The average Bonchev–Trinajstić information content (AvgIpc) is 2.62. The summed E-state index contributed by atoms with van der Waals surface area (Å²) >= 11 is 0. The molecule has 0 aliphatic carbocycles. The molecule has 3 nitrogen and oxygen atoms in total. The standard InChI is InChI=1S/C20H18O3S/c21-18-11-13-19(14-12-18)24(22,23)15-20(16-7-3-1-4-8-16)17-9-5-2-6-10-17/h1-14,20-21H,15H2. The molecule has 0 aliphatic rings. The van der Waals surface area contributed by atoms with Gasteiger partial charge in [-0.3, -0.25) is 0 Å². The van der Waals surface area contributed by atoms with Crippen LogP contribution >= 0.6 is 0 Å². The number of hydrogen-bond donors (Lipinski definition) is 1. The van der Waals surface area contributed by atoms with Gasteiger partial charge in [-0.25, -0.2) is 8.42 Å². The fourth-order valence-electron chi connectivity index (χ4n) is 2.72. The molecule has 0 fully saturated rings. The Balaban J connectivity index is 1.99. The Morgan fingerprint density at radius 2 is 1.17 bits per heavy atom. The highest BCUT2D eigenvalue weighted by molar-refractivity contribution is 7.91. The van der Waals surface area contributed by atoms with Crippen LogP contribution in [-0.4, -0.2) is 19.3 Å². The van der Waals surface area contributed by atoms with Gasteiger partial charge in [-0.15, -0.1) is 0 Å². The first-order chi connectivity index (χ1) is 11.6. The number of rotatable bonds is 5. The third-order valence-corrected chi connectivity index (χ3v) is 5.75. The van der Waals surface area contributed by atoms with Crippen LogP contribution in [0.1, 0.15) is 17.0 Å². The summed E-state index contributed by atoms with van der Waals surface area (Å²) in [5.74, 6) is -0.214. The van der Waals surface area contributed by atoms with E-state index in [9.17, 15) is 13.5 Å². The molecule has 0 unspecified atom stereocenters. The predicted molar refractivity (Wildman–Crippen MR) is 94.9 cm³/mol. The molecule has 122 valence electrons. The minimum atomic E-state index is -3.48. The van der Waals surface area contributed by atoms with Gasteiger partial charge in [0.05, 0.1) is 10.6 Å². The maximum absolute atomic E-state index is 12.8. The summed E-state index contributed by atoms with van der Waals surface area (Å²) in [5, 5.41) is 9.37. The van der Waals surface area contributed by atoms with Crippen molar-refractivity contribution in [2.45, 2.75) is 10.8 Å². The summed E-state index contributed by atoms with van der Waals surface area (Å²) < 4.78 is 25.6. The van der Waals surface area contributed by atoms with Crippen LogP contribution in [0.3, 0.4) is 0 Å². The van der Waals surface area contributed by atoms with Crippen molar-refractivity contribution in [2.75, 3.05) is 5.75 Å². The van der Waals surface area contributed by atoms with Gasteiger partial charge >= 0.3 is 0 Å². The van der Waals surface area contributed by atoms with Gasteiger partial charge in [0.2, 0.25) is 0 Å². The predicted octanol–water partition coefficient (Wildman–Crippen LogP) is 4.00. The maximum atomic E-state index is 12.8. The molecular formula is C20H18O3S. The Morgan fingerprint density at radius 1 is 0.708 bits per heavy atom. The van der Waals surface area contributed by atoms with E-state index in [4.69, 9.17) is 0 Å². The monoisotopic (exact) mass is 338 g/mol. The minimum Gasteiger partial charge on any atom is -0.508 e. The molecule has 0 saturated carbocycles. The minimum absolute atomic E-state index is 0.0220. The number of aromatic hydroxyl groups is 1. The zero-order chi connectivity index (χ0) is 17.0. The highest BCUT2D eigenvalue weighted by atomic mass is 32.2. The fraction of sp³-hybridized carbons (Fsp3) is 0.100. The van der Waals surface area contributed by atoms with E-state index >= 15 is 0 Å². The van der Waals surface area contributed by atoms with Gasteiger partial charge in [0, 0.05) is 5.92 Å². The molecule has 0 aromatic heterocycles. The average molecular weight is 338 g/mol. The van der Waals surface area contributed by atoms with E-state index in [2.05, 4.69) is 0 Å². The van der Waals surface area contributed by atoms with Gasteiger partial charge in [0.1, 0.15) is 5.75 Å². The molecule has 3 aromatic carbocycles. The first-order valence-electron chi connectivity index (χ1n) is 7.68. The second-order valence-corrected chi connectivity index (χ2v) is 7.68. The molecular weight excluding hydrogens is 320 g/mol. The summed E-state index contributed by atoms with van der Waals surface area (Å²) in [4.78, 5) is 0.220. The third kappa shape index (κ3) is 3.66. The maximum Gasteiger partial charge on any atom is 0.179 e. The number of sulfone groups is 1. The van der Waals surface area contributed by atoms with E-state index in [1.165, 1.54) is 24.3 Å². The lowest BCUT2D eigenvalue weighted by Gasteiger charge is -2.18. The SMILES string of the molecule is O=S(=O)(CC(c1ccccc1)c1ccccc1)c1ccc(O)cc1. The molecule has 24 heavy (non-hydrogen) atoms. The number of benzene rings is 3. The lowest BCUT2D eigenvalue weighted by molar-refractivity contribution is 0.475. The number of phenols is 1. The van der Waals surface area contributed by atoms with Crippen LogP contribution in [0.15, 0.2) is 89.8 Å². The smallest absolute Gasteiger partial charge is 0.179 e. The van der Waals surface area contributed by atoms with E-state index in [0.717, 1.165) is 11.1 Å². The van der Waals surface area contributed by atoms with Gasteiger partial charge in [-0.05, 0) is 35.4 Å². The fourth-order valence-corrected chi connectivity index (χ4v) is 4.29. The van der Waals surface area contributed by atoms with Gasteiger partial charge in [-0.1, -0.05) is 60.7 Å². The summed E-state index contributed by atoms with van der Waals surface area (Å²) in [7, 11) is -3.48. The van der Waals surface area contributed by atoms with Gasteiger partial charge < -0.3 is 5.11 Å². The Kier molecular flexibility index (Phi) is 4.67. The van der Waals surface area contributed by atoms with E-state index in [0.29, 0.717) is 0 Å². The molecule has 0 radical (unpaired) electrons. The van der Waals surface area contributed by atoms with E-state index < -0.39 is 9.84 Å². The van der Waals surface area contributed by atoms with Gasteiger partial charge in [-0.2, -0.15) is 0 Å². The molecule has 3 rings (SSSR count). The van der Waals surface area contributed by atoms with Crippen molar-refractivity contribution in [3.63, 3.8) is 0 Å². The molecule has 0 saturated heterocycles. The normalized spacial score (nSPS) is 11.5. The Morgan fingerprint density at radius 3 is 1.62 bits per heavy atom. The molecule has 0 spiro atoms. The summed E-state index contributed by atoms with van der Waals surface area (Å²) in [6, 6.07) is 25.0. The Labute approximate surface area is 142 Å². The zero-order valence-corrected chi connectivity index (χ0v) is 13.9. The van der Waals surface area contributed by atoms with E-state index in [-0.39, 0.29) is 22.3 Å². The van der Waals surface area contributed by atoms with Crippen molar-refractivity contribution >= 4 is 9.84 Å². The second-order valence-electron chi connectivity index (χ2n) is 5.65. The Hall–Kier alpha value is -2.59. The largest absolute Gasteiger partial charge is 0.508 e. The number of hydrogen-bond acceptors (Lipinski definition) is 3. The van der Waals surface area contributed by atoms with Crippen molar-refractivity contribution in [1.82, 2.24) is 0 Å². The molecule has 0 amide bonds. The quantitative estimate of drug-likeness (QED) is 0.765. The van der Waals surface area contributed by atoms with E-state index in [1.807, 2.05) is 60.7 Å². The van der Waals surface area contributed by atoms with Crippen LogP contribution in [0.4, 0.5) is 0 Å². The van der Waals surface area contributed by atoms with Crippen LogP contribution < -0.4 is 0 Å². The number of phenolic OH excluding ortho intramolecular Hbond substituents is 1. The third-order valence-electron chi connectivity index (χ3n) is 3.99. The molecule has 1 N–H and O–H groups in total. The van der Waals surface area contributed by atoms with Gasteiger partial charge in [0.15, 0.2) is 9.84 Å². The van der Waals surface area contributed by atoms with Crippen molar-refractivity contribution < 1.29 is 13.5 Å². The molecule has 3 aromatic rings. The van der Waals surface area contributed by atoms with Crippen LogP contribution in [0.2, 0.25) is 0 Å². The molecule has 0 bridgehead atoms. The van der Waals surface area contributed by atoms with E-state index in [1.54, 1.807) is 0 Å². The highest BCUT2D eigenvalue weighted by Crippen LogP contribution is 2.29. The van der Waals surface area contributed by atoms with Crippen LogP contribution in [0.5, 0.6) is 5.75 Å². The molecule has 4 heteroatoms. The lowest BCUT2D eigenvalue weighted by atomic mass is 9.93. The Bertz CT molecular complexity index is 847. The zero-order valence-electron chi connectivity index (χ0n) is 13.0. The first kappa shape index (κ1) is 16.3. The molecule has 0 heterocycles. The molecule has 0 atom stereocenters. The second kappa shape index (κ2) is 6.89. The topological polar surface area (TPSA) is 54.4 Å². The van der Waals surface area contributed by atoms with Crippen LogP contribution in [-0.2, 0) is 9.84 Å². The van der Waals surface area contributed by atoms with Crippen molar-refractivity contribution in [2.24, 2.45) is 0 Å². The highest BCUT2D eigenvalue weighted by Gasteiger charge is 2.24. The summed E-state index contributed by atoms with van der Waals surface area (Å²) in [6.45, 7) is 0. The summed E-state index contributed by atoms with van der Waals surface area (Å²) in [5.41, 5.74) is 1.93. The molecule has 0 aliphatic heterocycles. The van der Waals surface area contributed by atoms with Crippen LogP contribution in [0.25, 0.3) is 0 Å². The summed E-state index contributed by atoms with van der Waals surface area (Å²) in [6.07, 6.45) is 0. The van der Waals surface area contributed by atoms with Crippen molar-refractivity contribution in [3.05, 3.63) is 96.1 Å². The van der Waals surface area contributed by atoms with Crippen molar-refractivity contribution in [3.8, 4) is 5.75 Å². The first-order valence-corrected chi connectivity index (χ1v) is 9.33. The lowest BCUT2D eigenvalue weighted by Crippen LogP contribution is -2.16. The van der Waals surface area contributed by atoms with Crippen molar-refractivity contribution in [1.29, 1.82) is 0 Å².